The third-order valence-electron chi connectivity index (χ3n) is 3.23. The highest BCUT2D eigenvalue weighted by molar-refractivity contribution is 7.90. The lowest BCUT2D eigenvalue weighted by Gasteiger charge is -2.14. The number of carbonyl (C=O) groups is 1. The van der Waals surface area contributed by atoms with Gasteiger partial charge in [-0.2, -0.15) is 0 Å². The first-order valence-corrected chi connectivity index (χ1v) is 9.42. The summed E-state index contributed by atoms with van der Waals surface area (Å²) in [7, 11) is -3.77. The molecule has 0 aliphatic carbocycles. The van der Waals surface area contributed by atoms with Crippen LogP contribution in [0.15, 0.2) is 35.4 Å². The molecule has 0 aliphatic heterocycles. The second-order valence-corrected chi connectivity index (χ2v) is 7.78. The van der Waals surface area contributed by atoms with Gasteiger partial charge in [0.05, 0.1) is 15.5 Å². The molecule has 0 saturated carbocycles. The summed E-state index contributed by atoms with van der Waals surface area (Å²) in [4.78, 5) is 15.7. The molecule has 0 radical (unpaired) electrons. The molecule has 2 aromatic rings. The zero-order valence-electron chi connectivity index (χ0n) is 13.7. The Hall–Kier alpha value is -2.53. The summed E-state index contributed by atoms with van der Waals surface area (Å²) >= 11 is 5.74. The van der Waals surface area contributed by atoms with Crippen LogP contribution in [0.25, 0.3) is 0 Å². The van der Waals surface area contributed by atoms with E-state index in [2.05, 4.69) is 15.0 Å². The van der Waals surface area contributed by atoms with Gasteiger partial charge in [-0.3, -0.25) is 4.79 Å². The molecule has 0 fully saturated rings. The van der Waals surface area contributed by atoms with Crippen molar-refractivity contribution in [1.82, 2.24) is 10.3 Å². The lowest BCUT2D eigenvalue weighted by molar-refractivity contribution is -0.274. The summed E-state index contributed by atoms with van der Waals surface area (Å²) in [5.74, 6) is -1.47. The fraction of sp³-hybridized carbons (Fsp3) is 0.200. The molecule has 0 spiro atoms. The number of nitrogens with two attached hydrogens (primary N) is 1. The molecule has 2 rings (SSSR count). The number of amides is 1. The van der Waals surface area contributed by atoms with Gasteiger partial charge in [-0.25, -0.2) is 13.4 Å². The zero-order valence-corrected chi connectivity index (χ0v) is 15.2. The standard InChI is InChI=1S/C15H13ClF3N3O4S/c1-27(24,25)12-3-2-10(26-15(17,18)19)4-8(12)6-22-14(23)11-5-9(16)7-21-13(11)20/h2-5,7H,6H2,1H3,(H2,20,21)(H,22,23). The Bertz CT molecular complexity index is 981. The normalized spacial score (nSPS) is 11.9. The van der Waals surface area contributed by atoms with Crippen LogP contribution in [0.4, 0.5) is 19.0 Å². The van der Waals surface area contributed by atoms with Gasteiger partial charge < -0.3 is 15.8 Å². The summed E-state index contributed by atoms with van der Waals surface area (Å²) in [6, 6.07) is 3.96. The van der Waals surface area contributed by atoms with Crippen LogP contribution in [0.3, 0.4) is 0 Å². The van der Waals surface area contributed by atoms with Gasteiger partial charge in [-0.05, 0) is 29.8 Å². The Balaban J connectivity index is 2.31. The molecule has 146 valence electrons. The summed E-state index contributed by atoms with van der Waals surface area (Å²) in [6.07, 6.45) is -2.84. The molecule has 27 heavy (non-hydrogen) atoms. The van der Waals surface area contributed by atoms with Crippen molar-refractivity contribution in [3.8, 4) is 5.75 Å². The van der Waals surface area contributed by atoms with Crippen molar-refractivity contribution in [3.63, 3.8) is 0 Å². The van der Waals surface area contributed by atoms with Crippen LogP contribution in [-0.4, -0.2) is 31.9 Å². The number of anilines is 1. The number of ether oxygens (including phenoxy) is 1. The van der Waals surface area contributed by atoms with E-state index < -0.39 is 34.4 Å². The molecule has 1 aromatic carbocycles. The number of alkyl halides is 3. The van der Waals surface area contributed by atoms with E-state index in [1.54, 1.807) is 0 Å². The third-order valence-corrected chi connectivity index (χ3v) is 4.64. The number of carbonyl (C=O) groups excluding carboxylic acids is 1. The van der Waals surface area contributed by atoms with E-state index >= 15 is 0 Å². The topological polar surface area (TPSA) is 111 Å². The van der Waals surface area contributed by atoms with Gasteiger partial charge in [0.2, 0.25) is 0 Å². The maximum absolute atomic E-state index is 12.4. The van der Waals surface area contributed by atoms with Gasteiger partial charge in [0.15, 0.2) is 9.84 Å². The third kappa shape index (κ3) is 5.73. The quantitative estimate of drug-likeness (QED) is 0.764. The van der Waals surface area contributed by atoms with Crippen LogP contribution in [0.5, 0.6) is 5.75 Å². The van der Waals surface area contributed by atoms with Crippen LogP contribution in [0.1, 0.15) is 15.9 Å². The lowest BCUT2D eigenvalue weighted by Crippen LogP contribution is -2.25. The molecule has 0 aliphatic rings. The van der Waals surface area contributed by atoms with Gasteiger partial charge in [0.25, 0.3) is 5.91 Å². The smallest absolute Gasteiger partial charge is 0.406 e. The van der Waals surface area contributed by atoms with E-state index in [-0.39, 0.29) is 26.9 Å². The molecular weight excluding hydrogens is 411 g/mol. The molecule has 1 heterocycles. The van der Waals surface area contributed by atoms with Crippen LogP contribution in [0, 0.1) is 0 Å². The fourth-order valence-corrected chi connectivity index (χ4v) is 3.24. The monoisotopic (exact) mass is 423 g/mol. The molecule has 0 saturated heterocycles. The second kappa shape index (κ2) is 7.61. The molecule has 0 atom stereocenters. The number of rotatable bonds is 5. The first-order chi connectivity index (χ1) is 12.4. The van der Waals surface area contributed by atoms with E-state index in [1.807, 2.05) is 0 Å². The Morgan fingerprint density at radius 1 is 1.33 bits per heavy atom. The molecule has 0 bridgehead atoms. The number of halogens is 4. The Morgan fingerprint density at radius 3 is 2.59 bits per heavy atom. The molecule has 1 amide bonds. The van der Waals surface area contributed by atoms with E-state index in [0.717, 1.165) is 24.5 Å². The lowest BCUT2D eigenvalue weighted by atomic mass is 10.2. The highest BCUT2D eigenvalue weighted by Gasteiger charge is 2.31. The predicted molar refractivity (Wildman–Crippen MR) is 91.1 cm³/mol. The SMILES string of the molecule is CS(=O)(=O)c1ccc(OC(F)(F)F)cc1CNC(=O)c1cc(Cl)cnc1N. The number of hydrogen-bond acceptors (Lipinski definition) is 6. The molecule has 3 N–H and O–H groups in total. The van der Waals surface area contributed by atoms with E-state index in [0.29, 0.717) is 0 Å². The number of benzene rings is 1. The number of nitrogens with zero attached hydrogens (tertiary/aromatic N) is 1. The van der Waals surface area contributed by atoms with Crippen LogP contribution in [-0.2, 0) is 16.4 Å². The summed E-state index contributed by atoms with van der Waals surface area (Å²) < 4.78 is 64.6. The molecule has 1 aromatic heterocycles. The van der Waals surface area contributed by atoms with Crippen LogP contribution >= 0.6 is 11.6 Å². The largest absolute Gasteiger partial charge is 0.573 e. The highest BCUT2D eigenvalue weighted by Crippen LogP contribution is 2.27. The van der Waals surface area contributed by atoms with E-state index in [4.69, 9.17) is 17.3 Å². The minimum Gasteiger partial charge on any atom is -0.406 e. The van der Waals surface area contributed by atoms with Gasteiger partial charge in [0, 0.05) is 19.0 Å². The summed E-state index contributed by atoms with van der Waals surface area (Å²) in [5, 5.41) is 2.51. The van der Waals surface area contributed by atoms with Gasteiger partial charge >= 0.3 is 6.36 Å². The van der Waals surface area contributed by atoms with Crippen molar-refractivity contribution < 1.29 is 31.1 Å². The number of pyridine rings is 1. The number of nitrogen functional groups attached to an aromatic ring is 1. The second-order valence-electron chi connectivity index (χ2n) is 5.36. The zero-order chi connectivity index (χ0) is 20.4. The molecule has 0 unspecified atom stereocenters. The maximum Gasteiger partial charge on any atom is 0.573 e. The van der Waals surface area contributed by atoms with E-state index in [9.17, 15) is 26.4 Å². The van der Waals surface area contributed by atoms with Gasteiger partial charge in [0.1, 0.15) is 11.6 Å². The van der Waals surface area contributed by atoms with Gasteiger partial charge in [-0.15, -0.1) is 13.2 Å². The van der Waals surface area contributed by atoms with E-state index in [1.165, 1.54) is 12.3 Å². The van der Waals surface area contributed by atoms with Crippen LogP contribution < -0.4 is 15.8 Å². The summed E-state index contributed by atoms with van der Waals surface area (Å²) in [6.45, 7) is -0.401. The Labute approximate surface area is 157 Å². The number of sulfone groups is 1. The first-order valence-electron chi connectivity index (χ1n) is 7.15. The molecular formula is C15H13ClF3N3O4S. The minimum atomic E-state index is -4.95. The number of aromatic nitrogens is 1. The average molecular weight is 424 g/mol. The predicted octanol–water partition coefficient (Wildman–Crippen LogP) is 2.55. The average Bonchev–Trinajstić information content (AvgIpc) is 2.52. The fourth-order valence-electron chi connectivity index (χ4n) is 2.16. The summed E-state index contributed by atoms with van der Waals surface area (Å²) in [5.41, 5.74) is 5.42. The Morgan fingerprint density at radius 2 is 2.00 bits per heavy atom. The van der Waals surface area contributed by atoms with Crippen LogP contribution in [0.2, 0.25) is 5.02 Å². The minimum absolute atomic E-state index is 0.0638. The number of nitrogens with one attached hydrogen (secondary N) is 1. The molecule has 7 nitrogen and oxygen atoms in total. The highest BCUT2D eigenvalue weighted by atomic mass is 35.5. The first kappa shape index (κ1) is 20.8. The van der Waals surface area contributed by atoms with Crippen molar-refractivity contribution in [2.75, 3.05) is 12.0 Å². The Kier molecular flexibility index (Phi) is 5.85. The van der Waals surface area contributed by atoms with Gasteiger partial charge in [-0.1, -0.05) is 11.6 Å². The number of hydrogen-bond donors (Lipinski definition) is 2. The van der Waals surface area contributed by atoms with Crippen molar-refractivity contribution in [3.05, 3.63) is 46.6 Å². The van der Waals surface area contributed by atoms with Crippen molar-refractivity contribution in [1.29, 1.82) is 0 Å². The van der Waals surface area contributed by atoms with Crippen molar-refractivity contribution in [2.24, 2.45) is 0 Å². The van der Waals surface area contributed by atoms with Crippen molar-refractivity contribution >= 4 is 33.2 Å². The molecule has 12 heteroatoms. The van der Waals surface area contributed by atoms with Crippen molar-refractivity contribution in [2.45, 2.75) is 17.8 Å². The maximum atomic E-state index is 12.4.